The van der Waals surface area contributed by atoms with Gasteiger partial charge in [-0.3, -0.25) is 4.79 Å². The van der Waals surface area contributed by atoms with Crippen molar-refractivity contribution in [3.8, 4) is 5.75 Å². The van der Waals surface area contributed by atoms with Crippen molar-refractivity contribution >= 4 is 16.9 Å². The molecule has 0 radical (unpaired) electrons. The summed E-state index contributed by atoms with van der Waals surface area (Å²) in [6.45, 7) is 0.613. The molecule has 0 saturated heterocycles. The van der Waals surface area contributed by atoms with Gasteiger partial charge in [0.15, 0.2) is 17.1 Å². The van der Waals surface area contributed by atoms with E-state index in [2.05, 4.69) is 17.4 Å². The van der Waals surface area contributed by atoms with Gasteiger partial charge >= 0.3 is 0 Å². The molecule has 1 heterocycles. The van der Waals surface area contributed by atoms with Crippen LogP contribution in [-0.2, 0) is 6.42 Å². The highest BCUT2D eigenvalue weighted by Gasteiger charge is 2.14. The molecular weight excluding hydrogens is 290 g/mol. The number of rotatable bonds is 6. The molecule has 0 aliphatic heterocycles. The number of ether oxygens (including phenoxy) is 1. The Labute approximate surface area is 135 Å². The van der Waals surface area contributed by atoms with Crippen LogP contribution in [0.1, 0.15) is 22.5 Å². The molecule has 0 aliphatic rings. The average molecular weight is 309 g/mol. The molecular formula is C19H19NO3. The van der Waals surface area contributed by atoms with Crippen LogP contribution in [0.5, 0.6) is 5.75 Å². The average Bonchev–Trinajstić information content (AvgIpc) is 3.03. The Morgan fingerprint density at radius 3 is 2.74 bits per heavy atom. The minimum atomic E-state index is -0.198. The summed E-state index contributed by atoms with van der Waals surface area (Å²) in [4.78, 5) is 12.2. The lowest BCUT2D eigenvalue weighted by Gasteiger charge is -2.03. The number of methoxy groups -OCH3 is 1. The zero-order chi connectivity index (χ0) is 16.1. The van der Waals surface area contributed by atoms with E-state index in [-0.39, 0.29) is 5.91 Å². The summed E-state index contributed by atoms with van der Waals surface area (Å²) >= 11 is 0. The molecule has 1 N–H and O–H groups in total. The molecule has 0 aliphatic carbocycles. The van der Waals surface area contributed by atoms with Crippen LogP contribution < -0.4 is 10.1 Å². The molecule has 3 aromatic rings. The summed E-state index contributed by atoms with van der Waals surface area (Å²) < 4.78 is 10.9. The SMILES string of the molecule is COc1cccc2cc(C(=O)NCCCc3ccccc3)oc12. The molecule has 0 atom stereocenters. The molecule has 2 aromatic carbocycles. The summed E-state index contributed by atoms with van der Waals surface area (Å²) in [6, 6.07) is 17.6. The molecule has 23 heavy (non-hydrogen) atoms. The topological polar surface area (TPSA) is 51.5 Å². The van der Waals surface area contributed by atoms with E-state index in [4.69, 9.17) is 9.15 Å². The van der Waals surface area contributed by atoms with Crippen molar-refractivity contribution in [2.45, 2.75) is 12.8 Å². The fourth-order valence-electron chi connectivity index (χ4n) is 2.54. The second-order valence-electron chi connectivity index (χ2n) is 5.33. The molecule has 1 amide bonds. The summed E-state index contributed by atoms with van der Waals surface area (Å²) in [5.74, 6) is 0.742. The maximum Gasteiger partial charge on any atom is 0.287 e. The van der Waals surface area contributed by atoms with E-state index in [1.54, 1.807) is 13.2 Å². The van der Waals surface area contributed by atoms with Gasteiger partial charge in [-0.05, 0) is 30.5 Å². The van der Waals surface area contributed by atoms with Crippen molar-refractivity contribution in [2.75, 3.05) is 13.7 Å². The number of carbonyl (C=O) groups is 1. The van der Waals surface area contributed by atoms with Crippen LogP contribution in [0.15, 0.2) is 59.0 Å². The number of hydrogen-bond donors (Lipinski definition) is 1. The molecule has 4 nitrogen and oxygen atoms in total. The second-order valence-corrected chi connectivity index (χ2v) is 5.33. The van der Waals surface area contributed by atoms with Crippen LogP contribution in [0, 0.1) is 0 Å². The van der Waals surface area contributed by atoms with E-state index >= 15 is 0 Å². The third-order valence-corrected chi connectivity index (χ3v) is 3.72. The maximum absolute atomic E-state index is 12.2. The number of furan rings is 1. The Hall–Kier alpha value is -2.75. The number of nitrogens with one attached hydrogen (secondary N) is 1. The fraction of sp³-hybridized carbons (Fsp3) is 0.211. The Morgan fingerprint density at radius 2 is 1.96 bits per heavy atom. The summed E-state index contributed by atoms with van der Waals surface area (Å²) in [5, 5.41) is 3.75. The Morgan fingerprint density at radius 1 is 1.13 bits per heavy atom. The van der Waals surface area contributed by atoms with Crippen molar-refractivity contribution in [3.63, 3.8) is 0 Å². The number of amides is 1. The maximum atomic E-state index is 12.2. The normalized spacial score (nSPS) is 10.7. The molecule has 0 unspecified atom stereocenters. The molecule has 4 heteroatoms. The van der Waals surface area contributed by atoms with Crippen molar-refractivity contribution < 1.29 is 13.9 Å². The van der Waals surface area contributed by atoms with Crippen LogP contribution in [0.3, 0.4) is 0 Å². The third-order valence-electron chi connectivity index (χ3n) is 3.72. The fourth-order valence-corrected chi connectivity index (χ4v) is 2.54. The van der Waals surface area contributed by atoms with Gasteiger partial charge in [-0.2, -0.15) is 0 Å². The molecule has 3 rings (SSSR count). The highest BCUT2D eigenvalue weighted by atomic mass is 16.5. The third kappa shape index (κ3) is 3.54. The molecule has 0 fully saturated rings. The van der Waals surface area contributed by atoms with Gasteiger partial charge in [0.1, 0.15) is 0 Å². The lowest BCUT2D eigenvalue weighted by atomic mass is 10.1. The monoisotopic (exact) mass is 309 g/mol. The van der Waals surface area contributed by atoms with Crippen LogP contribution >= 0.6 is 0 Å². The first-order valence-electron chi connectivity index (χ1n) is 7.66. The summed E-state index contributed by atoms with van der Waals surface area (Å²) in [5.41, 5.74) is 1.87. The van der Waals surface area contributed by atoms with Crippen LogP contribution in [0.4, 0.5) is 0 Å². The minimum absolute atomic E-state index is 0.198. The van der Waals surface area contributed by atoms with Crippen molar-refractivity contribution in [2.24, 2.45) is 0 Å². The largest absolute Gasteiger partial charge is 0.493 e. The van der Waals surface area contributed by atoms with Crippen molar-refractivity contribution in [1.29, 1.82) is 0 Å². The van der Waals surface area contributed by atoms with Gasteiger partial charge in [0.2, 0.25) is 0 Å². The molecule has 1 aromatic heterocycles. The van der Waals surface area contributed by atoms with E-state index in [0.29, 0.717) is 23.6 Å². The van der Waals surface area contributed by atoms with Crippen LogP contribution in [0.25, 0.3) is 11.0 Å². The van der Waals surface area contributed by atoms with Crippen LogP contribution in [-0.4, -0.2) is 19.6 Å². The van der Waals surface area contributed by atoms with E-state index in [0.717, 1.165) is 18.2 Å². The molecule has 0 spiro atoms. The van der Waals surface area contributed by atoms with Gasteiger partial charge in [0.25, 0.3) is 5.91 Å². The quantitative estimate of drug-likeness (QED) is 0.705. The predicted molar refractivity (Wildman–Crippen MR) is 89.9 cm³/mol. The number of fused-ring (bicyclic) bond motifs is 1. The molecule has 0 saturated carbocycles. The Bertz CT molecular complexity index is 793. The van der Waals surface area contributed by atoms with Gasteiger partial charge < -0.3 is 14.5 Å². The number of para-hydroxylation sites is 1. The first-order chi connectivity index (χ1) is 11.3. The highest BCUT2D eigenvalue weighted by molar-refractivity contribution is 5.97. The highest BCUT2D eigenvalue weighted by Crippen LogP contribution is 2.28. The van der Waals surface area contributed by atoms with Gasteiger partial charge in [0, 0.05) is 11.9 Å². The van der Waals surface area contributed by atoms with Crippen molar-refractivity contribution in [1.82, 2.24) is 5.32 Å². The second kappa shape index (κ2) is 7.01. The van der Waals surface area contributed by atoms with Gasteiger partial charge in [-0.25, -0.2) is 0 Å². The van der Waals surface area contributed by atoms with E-state index in [1.165, 1.54) is 5.56 Å². The standard InChI is InChI=1S/C19H19NO3/c1-22-16-11-5-10-15-13-17(23-18(15)16)19(21)20-12-6-9-14-7-3-2-4-8-14/h2-5,7-8,10-11,13H,6,9,12H2,1H3,(H,20,21). The van der Waals surface area contributed by atoms with E-state index in [9.17, 15) is 4.79 Å². The number of hydrogen-bond acceptors (Lipinski definition) is 3. The Kier molecular flexibility index (Phi) is 4.62. The molecule has 118 valence electrons. The zero-order valence-electron chi connectivity index (χ0n) is 13.0. The molecule has 0 bridgehead atoms. The van der Waals surface area contributed by atoms with E-state index in [1.807, 2.05) is 36.4 Å². The Balaban J connectivity index is 1.58. The predicted octanol–water partition coefficient (Wildman–Crippen LogP) is 3.80. The zero-order valence-corrected chi connectivity index (χ0v) is 13.0. The first kappa shape index (κ1) is 15.2. The summed E-state index contributed by atoms with van der Waals surface area (Å²) in [7, 11) is 1.58. The summed E-state index contributed by atoms with van der Waals surface area (Å²) in [6.07, 6.45) is 1.83. The van der Waals surface area contributed by atoms with Gasteiger partial charge in [0.05, 0.1) is 7.11 Å². The van der Waals surface area contributed by atoms with Crippen molar-refractivity contribution in [3.05, 3.63) is 65.9 Å². The minimum Gasteiger partial charge on any atom is -0.493 e. The number of aryl methyl sites for hydroxylation is 1. The first-order valence-corrected chi connectivity index (χ1v) is 7.66. The smallest absolute Gasteiger partial charge is 0.287 e. The van der Waals surface area contributed by atoms with Crippen LogP contribution in [0.2, 0.25) is 0 Å². The van der Waals surface area contributed by atoms with Gasteiger partial charge in [-0.1, -0.05) is 42.5 Å². The number of benzene rings is 2. The number of carbonyl (C=O) groups excluding carboxylic acids is 1. The lowest BCUT2D eigenvalue weighted by Crippen LogP contribution is -2.24. The lowest BCUT2D eigenvalue weighted by molar-refractivity contribution is 0.0927. The van der Waals surface area contributed by atoms with E-state index < -0.39 is 0 Å². The van der Waals surface area contributed by atoms with Gasteiger partial charge in [-0.15, -0.1) is 0 Å².